The molecule has 0 aliphatic carbocycles. The van der Waals surface area contributed by atoms with Crippen LogP contribution in [0, 0.1) is 0 Å². The summed E-state index contributed by atoms with van der Waals surface area (Å²) in [6.07, 6.45) is 0.220. The second kappa shape index (κ2) is 7.14. The van der Waals surface area contributed by atoms with E-state index in [2.05, 4.69) is 4.98 Å². The lowest BCUT2D eigenvalue weighted by Crippen LogP contribution is -1.99. The van der Waals surface area contributed by atoms with Crippen LogP contribution in [0.25, 0.3) is 10.6 Å². The molecule has 6 heteroatoms. The van der Waals surface area contributed by atoms with Gasteiger partial charge in [-0.1, -0.05) is 30.3 Å². The molecule has 0 radical (unpaired) electrons. The van der Waals surface area contributed by atoms with Crippen LogP contribution in [0.15, 0.2) is 35.7 Å². The third-order valence-electron chi connectivity index (χ3n) is 2.58. The zero-order chi connectivity index (χ0) is 14.4. The summed E-state index contributed by atoms with van der Waals surface area (Å²) in [5.41, 5.74) is 1.81. The van der Waals surface area contributed by atoms with E-state index in [1.165, 1.54) is 11.3 Å². The highest BCUT2D eigenvalue weighted by molar-refractivity contribution is 7.53. The quantitative estimate of drug-likeness (QED) is 0.702. The van der Waals surface area contributed by atoms with Gasteiger partial charge in [0.15, 0.2) is 0 Å². The third kappa shape index (κ3) is 4.00. The van der Waals surface area contributed by atoms with Gasteiger partial charge in [0.2, 0.25) is 0 Å². The van der Waals surface area contributed by atoms with Crippen molar-refractivity contribution in [2.75, 3.05) is 13.2 Å². The molecule has 0 N–H and O–H groups in total. The van der Waals surface area contributed by atoms with Gasteiger partial charge in [-0.2, -0.15) is 0 Å². The van der Waals surface area contributed by atoms with Crippen LogP contribution >= 0.6 is 18.9 Å². The van der Waals surface area contributed by atoms with Crippen molar-refractivity contribution in [1.82, 2.24) is 4.98 Å². The number of hydrogen-bond acceptors (Lipinski definition) is 5. The lowest BCUT2D eigenvalue weighted by molar-refractivity contribution is 0.219. The maximum absolute atomic E-state index is 12.4. The van der Waals surface area contributed by atoms with Gasteiger partial charge in [-0.3, -0.25) is 4.57 Å². The smallest absolute Gasteiger partial charge is 0.309 e. The first kappa shape index (κ1) is 15.4. The number of benzene rings is 1. The van der Waals surface area contributed by atoms with Crippen LogP contribution in [0.4, 0.5) is 0 Å². The van der Waals surface area contributed by atoms with E-state index < -0.39 is 7.60 Å². The van der Waals surface area contributed by atoms with Crippen molar-refractivity contribution in [1.29, 1.82) is 0 Å². The number of nitrogens with zero attached hydrogens (tertiary/aromatic N) is 1. The van der Waals surface area contributed by atoms with Gasteiger partial charge in [-0.25, -0.2) is 4.98 Å². The second-order valence-electron chi connectivity index (χ2n) is 4.11. The summed E-state index contributed by atoms with van der Waals surface area (Å²) in [6.45, 7) is 4.35. The van der Waals surface area contributed by atoms with E-state index >= 15 is 0 Å². The standard InChI is InChI=1S/C14H18NO3PS/c1-3-17-19(16,18-4-2)10-13-11-20-14(15-13)12-8-6-5-7-9-12/h5-9,11H,3-4,10H2,1-2H3. The van der Waals surface area contributed by atoms with Crippen molar-refractivity contribution in [2.24, 2.45) is 0 Å². The molecule has 0 amide bonds. The molecule has 4 nitrogen and oxygen atoms in total. The zero-order valence-electron chi connectivity index (χ0n) is 11.6. The molecule has 1 aromatic carbocycles. The van der Waals surface area contributed by atoms with Gasteiger partial charge in [0.25, 0.3) is 0 Å². The molecule has 1 heterocycles. The highest BCUT2D eigenvalue weighted by atomic mass is 32.1. The summed E-state index contributed by atoms with van der Waals surface area (Å²) in [4.78, 5) is 4.52. The molecule has 0 saturated heterocycles. The predicted octanol–water partition coefficient (Wildman–Crippen LogP) is 4.58. The third-order valence-corrected chi connectivity index (χ3v) is 5.53. The fourth-order valence-corrected chi connectivity index (χ4v) is 4.37. The summed E-state index contributed by atoms with van der Waals surface area (Å²) in [6, 6.07) is 9.93. The normalized spacial score (nSPS) is 11.7. The molecule has 0 aliphatic rings. The second-order valence-corrected chi connectivity index (χ2v) is 7.03. The molecule has 0 bridgehead atoms. The number of thiazole rings is 1. The molecule has 0 saturated carbocycles. The molecular formula is C14H18NO3PS. The summed E-state index contributed by atoms with van der Waals surface area (Å²) in [7, 11) is -3.08. The predicted molar refractivity (Wildman–Crippen MR) is 82.1 cm³/mol. The van der Waals surface area contributed by atoms with Crippen LogP contribution in [0.3, 0.4) is 0 Å². The van der Waals surface area contributed by atoms with Gasteiger partial charge in [-0.05, 0) is 13.8 Å². The number of rotatable bonds is 7. The summed E-state index contributed by atoms with van der Waals surface area (Å²) in [5.74, 6) is 0. The minimum absolute atomic E-state index is 0.220. The fraction of sp³-hybridized carbons (Fsp3) is 0.357. The monoisotopic (exact) mass is 311 g/mol. The molecule has 0 aliphatic heterocycles. The Hall–Kier alpha value is -1.00. The van der Waals surface area contributed by atoms with Crippen LogP contribution in [0.5, 0.6) is 0 Å². The molecule has 20 heavy (non-hydrogen) atoms. The first-order chi connectivity index (χ1) is 9.67. The highest BCUT2D eigenvalue weighted by Crippen LogP contribution is 2.51. The minimum atomic E-state index is -3.08. The van der Waals surface area contributed by atoms with Crippen molar-refractivity contribution in [3.63, 3.8) is 0 Å². The number of hydrogen-bond donors (Lipinski definition) is 0. The summed E-state index contributed by atoms with van der Waals surface area (Å²) < 4.78 is 23.0. The van der Waals surface area contributed by atoms with Crippen LogP contribution in [0.1, 0.15) is 19.5 Å². The van der Waals surface area contributed by atoms with Gasteiger partial charge in [0.1, 0.15) is 5.01 Å². The van der Waals surface area contributed by atoms with Crippen molar-refractivity contribution in [3.8, 4) is 10.6 Å². The molecule has 108 valence electrons. The van der Waals surface area contributed by atoms with Gasteiger partial charge >= 0.3 is 7.60 Å². The molecule has 1 aromatic heterocycles. The van der Waals surface area contributed by atoms with E-state index in [0.717, 1.165) is 16.3 Å². The average Bonchev–Trinajstić information content (AvgIpc) is 2.88. The van der Waals surface area contributed by atoms with Gasteiger partial charge in [-0.15, -0.1) is 11.3 Å². The molecule has 0 spiro atoms. The largest absolute Gasteiger partial charge is 0.336 e. The van der Waals surface area contributed by atoms with Crippen molar-refractivity contribution in [2.45, 2.75) is 20.0 Å². The molecule has 0 atom stereocenters. The lowest BCUT2D eigenvalue weighted by atomic mass is 10.2. The van der Waals surface area contributed by atoms with E-state index in [1.54, 1.807) is 0 Å². The van der Waals surface area contributed by atoms with E-state index in [-0.39, 0.29) is 6.16 Å². The first-order valence-corrected chi connectivity index (χ1v) is 9.15. The minimum Gasteiger partial charge on any atom is -0.309 e. The molecule has 2 aromatic rings. The van der Waals surface area contributed by atoms with E-state index in [1.807, 2.05) is 49.6 Å². The molecule has 0 unspecified atom stereocenters. The van der Waals surface area contributed by atoms with Crippen LogP contribution in [0.2, 0.25) is 0 Å². The molecule has 0 fully saturated rings. The summed E-state index contributed by atoms with van der Waals surface area (Å²) >= 11 is 1.54. The highest BCUT2D eigenvalue weighted by Gasteiger charge is 2.25. The topological polar surface area (TPSA) is 48.4 Å². The Bertz CT molecular complexity index is 575. The van der Waals surface area contributed by atoms with Crippen LogP contribution in [-0.4, -0.2) is 18.2 Å². The van der Waals surface area contributed by atoms with Gasteiger partial charge < -0.3 is 9.05 Å². The average molecular weight is 311 g/mol. The zero-order valence-corrected chi connectivity index (χ0v) is 13.3. The SMILES string of the molecule is CCOP(=O)(Cc1csc(-c2ccccc2)n1)OCC. The molecular weight excluding hydrogens is 293 g/mol. The fourth-order valence-electron chi connectivity index (χ4n) is 1.81. The van der Waals surface area contributed by atoms with Gasteiger partial charge in [0, 0.05) is 10.9 Å². The molecule has 2 rings (SSSR count). The Morgan fingerprint density at radius 3 is 2.40 bits per heavy atom. The van der Waals surface area contributed by atoms with Crippen LogP contribution < -0.4 is 0 Å². The Balaban J connectivity index is 2.15. The Morgan fingerprint density at radius 2 is 1.80 bits per heavy atom. The van der Waals surface area contributed by atoms with Crippen LogP contribution in [-0.2, 0) is 19.8 Å². The van der Waals surface area contributed by atoms with Crippen molar-refractivity contribution >= 4 is 18.9 Å². The van der Waals surface area contributed by atoms with E-state index in [0.29, 0.717) is 13.2 Å². The Morgan fingerprint density at radius 1 is 1.15 bits per heavy atom. The Labute approximate surface area is 123 Å². The van der Waals surface area contributed by atoms with E-state index in [4.69, 9.17) is 9.05 Å². The maximum atomic E-state index is 12.4. The van der Waals surface area contributed by atoms with Crippen molar-refractivity contribution < 1.29 is 13.6 Å². The Kier molecular flexibility index (Phi) is 5.49. The van der Waals surface area contributed by atoms with Crippen molar-refractivity contribution in [3.05, 3.63) is 41.4 Å². The number of aromatic nitrogens is 1. The van der Waals surface area contributed by atoms with Gasteiger partial charge in [0.05, 0.1) is 25.1 Å². The lowest BCUT2D eigenvalue weighted by Gasteiger charge is -2.15. The van der Waals surface area contributed by atoms with E-state index in [9.17, 15) is 4.57 Å². The first-order valence-electron chi connectivity index (χ1n) is 6.55. The summed E-state index contributed by atoms with van der Waals surface area (Å²) in [5, 5.41) is 2.83. The maximum Gasteiger partial charge on any atom is 0.336 e.